The maximum Gasteiger partial charge on any atom is 0.269 e. The number of rotatable bonds is 23. The lowest BCUT2D eigenvalue weighted by Crippen LogP contribution is -2.48. The Morgan fingerprint density at radius 2 is 1.63 bits per heavy atom. The van der Waals surface area contributed by atoms with E-state index < -0.39 is 23.0 Å². The lowest BCUT2D eigenvalue weighted by Gasteiger charge is -2.29. The smallest absolute Gasteiger partial charge is 0.269 e. The molecule has 0 saturated carbocycles. The van der Waals surface area contributed by atoms with E-state index in [1.54, 1.807) is 52.7 Å². The van der Waals surface area contributed by atoms with E-state index in [9.17, 15) is 29.6 Å². The molecule has 3 amide bonds. The van der Waals surface area contributed by atoms with Crippen LogP contribution in [0.25, 0.3) is 22.1 Å². The van der Waals surface area contributed by atoms with Crippen molar-refractivity contribution in [3.63, 3.8) is 0 Å². The number of likely N-dealkylation sites (tertiary alicyclic amines) is 1. The number of anilines is 1. The van der Waals surface area contributed by atoms with Gasteiger partial charge in [0.2, 0.25) is 11.8 Å². The number of nitrogens with one attached hydrogen (secondary N) is 1. The van der Waals surface area contributed by atoms with E-state index in [1.165, 1.54) is 17.0 Å². The molecule has 1 unspecified atom stereocenters. The Kier molecular flexibility index (Phi) is 17.2. The third kappa shape index (κ3) is 12.9. The fourth-order valence-corrected chi connectivity index (χ4v) is 9.62. The van der Waals surface area contributed by atoms with Crippen molar-refractivity contribution < 1.29 is 47.9 Å². The molecule has 380 valence electrons. The molecule has 18 heteroatoms. The highest BCUT2D eigenvalue weighted by Gasteiger charge is 2.43. The highest BCUT2D eigenvalue weighted by atomic mass is 32.1. The molecule has 6 aromatic rings. The number of aliphatic hydroxyl groups excluding tert-OH is 1. The minimum Gasteiger partial charge on any atom is -0.491 e. The summed E-state index contributed by atoms with van der Waals surface area (Å²) >= 11 is 1.58. The van der Waals surface area contributed by atoms with Gasteiger partial charge in [0.05, 0.1) is 71.8 Å². The Labute approximate surface area is 427 Å². The number of fused-ring (bicyclic) bond motifs is 1. The van der Waals surface area contributed by atoms with Gasteiger partial charge in [-0.15, -0.1) is 11.3 Å². The number of hydrogen-bond acceptors (Lipinski definition) is 14. The van der Waals surface area contributed by atoms with Gasteiger partial charge in [-0.05, 0) is 83.6 Å². The highest BCUT2D eigenvalue weighted by molar-refractivity contribution is 7.13. The topological polar surface area (TPSA) is 209 Å². The van der Waals surface area contributed by atoms with Gasteiger partial charge in [0.25, 0.3) is 17.5 Å². The van der Waals surface area contributed by atoms with Crippen molar-refractivity contribution in [3.8, 4) is 22.1 Å². The number of aryl methyl sites for hydroxylation is 1. The second kappa shape index (κ2) is 24.3. The number of nitro groups is 1. The quantitative estimate of drug-likeness (QED) is 0.0267. The van der Waals surface area contributed by atoms with Crippen molar-refractivity contribution in [2.45, 2.75) is 64.8 Å². The Hall–Kier alpha value is -7.51. The summed E-state index contributed by atoms with van der Waals surface area (Å²) in [7, 11) is 0. The molecule has 0 aliphatic carbocycles. The number of carbonyl (C=O) groups excluding carboxylic acids is 3. The van der Waals surface area contributed by atoms with Gasteiger partial charge in [-0.1, -0.05) is 80.6 Å². The first-order valence-corrected chi connectivity index (χ1v) is 25.0. The van der Waals surface area contributed by atoms with Gasteiger partial charge in [0.15, 0.2) is 5.76 Å². The summed E-state index contributed by atoms with van der Waals surface area (Å²) in [5.41, 5.74) is 8.69. The zero-order valence-electron chi connectivity index (χ0n) is 41.0. The largest absolute Gasteiger partial charge is 0.491 e. The van der Waals surface area contributed by atoms with Crippen LogP contribution < -0.4 is 19.7 Å². The predicted octanol–water partition coefficient (Wildman–Crippen LogP) is 8.73. The molecule has 4 atom stereocenters. The molecule has 0 bridgehead atoms. The van der Waals surface area contributed by atoms with Crippen LogP contribution in [0, 0.1) is 23.0 Å². The van der Waals surface area contributed by atoms with Crippen LogP contribution in [0.3, 0.4) is 0 Å². The molecule has 2 N–H and O–H groups in total. The first-order valence-electron chi connectivity index (χ1n) is 24.1. The van der Waals surface area contributed by atoms with Crippen LogP contribution in [-0.2, 0) is 30.4 Å². The molecule has 4 aromatic carbocycles. The van der Waals surface area contributed by atoms with Crippen LogP contribution >= 0.6 is 11.3 Å². The van der Waals surface area contributed by atoms with Crippen LogP contribution in [0.15, 0.2) is 125 Å². The lowest BCUT2D eigenvalue weighted by molar-refractivity contribution is -0.384. The van der Waals surface area contributed by atoms with Crippen molar-refractivity contribution in [1.29, 1.82) is 0 Å². The monoisotopic (exact) mass is 1010 g/mol. The van der Waals surface area contributed by atoms with Crippen LogP contribution in [0.4, 0.5) is 11.4 Å². The van der Waals surface area contributed by atoms with Gasteiger partial charge in [0, 0.05) is 42.3 Å². The van der Waals surface area contributed by atoms with Gasteiger partial charge in [-0.25, -0.2) is 4.98 Å². The zero-order valence-corrected chi connectivity index (χ0v) is 41.9. The standard InChI is InChI=1S/C55H58N6O11S/c1-35(2)51(55(65)60-33-43(62)30-48(60)53(63)57-36(3)40-16-18-41(19-17-40)52-37(4)56-34-73-52)49-31-50(58-72-49)71-29-27-69-25-24-68-26-28-70-44-22-14-39(15-23-44)32-59-47-11-6-5-9-45(47)46(54(59)64)10-7-8-38-12-20-42(21-13-38)61(66)67/h5-23,31,34-36,43,48,51,62H,24-30,32-33H2,1-4H3,(H,57,63)/b8-7+,46-10?/t36-,43+,48-,51?/m0/s1. The number of non-ortho nitro benzene ring substituents is 1. The second-order valence-corrected chi connectivity index (χ2v) is 18.9. The minimum absolute atomic E-state index is 0.0170. The van der Waals surface area contributed by atoms with Crippen LogP contribution in [0.5, 0.6) is 11.6 Å². The number of β-amino-alcohol motifs (C(OH)–C–C–N with tert-alkyl or cyclic N) is 1. The number of ether oxygens (including phenoxy) is 4. The maximum absolute atomic E-state index is 14.1. The third-order valence-electron chi connectivity index (χ3n) is 12.6. The number of benzene rings is 4. The predicted molar refractivity (Wildman–Crippen MR) is 276 cm³/mol. The summed E-state index contributed by atoms with van der Waals surface area (Å²) < 4.78 is 28.6. The molecule has 1 saturated heterocycles. The Morgan fingerprint density at radius 1 is 0.932 bits per heavy atom. The van der Waals surface area contributed by atoms with E-state index in [0.717, 1.165) is 44.1 Å². The number of nitrogens with zero attached hydrogens (tertiary/aromatic N) is 5. The van der Waals surface area contributed by atoms with E-state index in [2.05, 4.69) is 15.5 Å². The molecule has 17 nitrogen and oxygen atoms in total. The molecule has 73 heavy (non-hydrogen) atoms. The van der Waals surface area contributed by atoms with E-state index in [1.807, 2.05) is 106 Å². The molecule has 2 aromatic heterocycles. The van der Waals surface area contributed by atoms with Crippen molar-refractivity contribution in [2.75, 3.05) is 51.1 Å². The van der Waals surface area contributed by atoms with Crippen molar-refractivity contribution >= 4 is 52.1 Å². The first-order chi connectivity index (χ1) is 35.3. The van der Waals surface area contributed by atoms with E-state index in [0.29, 0.717) is 50.1 Å². The van der Waals surface area contributed by atoms with Gasteiger partial charge < -0.3 is 43.7 Å². The van der Waals surface area contributed by atoms with Crippen molar-refractivity contribution in [2.24, 2.45) is 5.92 Å². The average Bonchev–Trinajstić information content (AvgIpc) is 4.19. The normalized spacial score (nSPS) is 16.8. The number of aliphatic hydroxyl groups is 1. The van der Waals surface area contributed by atoms with Crippen molar-refractivity contribution in [1.82, 2.24) is 20.4 Å². The van der Waals surface area contributed by atoms with Crippen LogP contribution in [0.1, 0.15) is 72.9 Å². The molecule has 0 radical (unpaired) electrons. The number of aromatic nitrogens is 2. The molecular formula is C55H58N6O11S. The number of allylic oxidation sites excluding steroid dienone is 2. The third-order valence-corrected chi connectivity index (χ3v) is 13.6. The number of nitro benzene ring substituents is 1. The Morgan fingerprint density at radius 3 is 2.32 bits per heavy atom. The van der Waals surface area contributed by atoms with E-state index in [4.69, 9.17) is 23.5 Å². The lowest BCUT2D eigenvalue weighted by atomic mass is 9.91. The van der Waals surface area contributed by atoms with Gasteiger partial charge in [-0.3, -0.25) is 24.5 Å². The SMILES string of the molecule is Cc1ncsc1-c1ccc([C@H](C)NC(=O)[C@@H]2C[C@@H](O)CN2C(=O)C(c2cc(OCCOCCOCCOc3ccc(CN4C(=O)C(=C/C=C/c5ccc([N+](=O)[O-])cc5)c5ccccc54)cc3)no2)C(C)C)cc1. The number of amides is 3. The van der Waals surface area contributed by atoms with Gasteiger partial charge in [-0.2, -0.15) is 0 Å². The summed E-state index contributed by atoms with van der Waals surface area (Å²) in [6.07, 6.45) is 4.62. The van der Waals surface area contributed by atoms with Crippen LogP contribution in [0.2, 0.25) is 0 Å². The Balaban J connectivity index is 0.721. The molecule has 2 aliphatic heterocycles. The number of hydrogen-bond donors (Lipinski definition) is 2. The summed E-state index contributed by atoms with van der Waals surface area (Å²) in [5.74, 6) is -0.611. The number of carbonyl (C=O) groups is 3. The summed E-state index contributed by atoms with van der Waals surface area (Å²) in [4.78, 5) is 60.5. The van der Waals surface area contributed by atoms with E-state index >= 15 is 0 Å². The molecule has 8 rings (SSSR count). The number of para-hydroxylation sites is 1. The first kappa shape index (κ1) is 51.8. The zero-order chi connectivity index (χ0) is 51.4. The molecule has 1 fully saturated rings. The Bertz CT molecular complexity index is 2920. The van der Waals surface area contributed by atoms with E-state index in [-0.39, 0.29) is 67.4 Å². The van der Waals surface area contributed by atoms with Crippen molar-refractivity contribution in [3.05, 3.63) is 165 Å². The summed E-state index contributed by atoms with van der Waals surface area (Å²) in [5, 5.41) is 28.7. The summed E-state index contributed by atoms with van der Waals surface area (Å²) in [6, 6.07) is 29.8. The fraction of sp³-hybridized carbons (Fsp3) is 0.327. The molecule has 2 aliphatic rings. The van der Waals surface area contributed by atoms with Crippen LogP contribution in [-0.4, -0.2) is 101 Å². The highest BCUT2D eigenvalue weighted by Crippen LogP contribution is 2.38. The average molecular weight is 1010 g/mol. The van der Waals surface area contributed by atoms with Gasteiger partial charge in [0.1, 0.15) is 30.9 Å². The fourth-order valence-electron chi connectivity index (χ4n) is 8.81. The second-order valence-electron chi connectivity index (χ2n) is 18.1. The molecule has 4 heterocycles. The molecule has 0 spiro atoms. The number of thiazole rings is 1. The van der Waals surface area contributed by atoms with Gasteiger partial charge >= 0.3 is 0 Å². The summed E-state index contributed by atoms with van der Waals surface area (Å²) in [6.45, 7) is 9.80. The molecular weight excluding hydrogens is 953 g/mol. The minimum atomic E-state index is -0.856. The maximum atomic E-state index is 14.1.